The number of hydrogen-bond acceptors (Lipinski definition) is 18. The van der Waals surface area contributed by atoms with Crippen LogP contribution in [0.25, 0.3) is 0 Å². The number of rotatable bonds is 0. The van der Waals surface area contributed by atoms with Crippen molar-refractivity contribution in [2.45, 2.75) is 305 Å². The fourth-order valence-electron chi connectivity index (χ4n) is 2.67. The summed E-state index contributed by atoms with van der Waals surface area (Å²) in [5.41, 5.74) is 1.79. The molecule has 20 heteroatoms. The maximum Gasteiger partial charge on any atom is 0.180 e. The summed E-state index contributed by atoms with van der Waals surface area (Å²) in [4.78, 5) is 29.7. The molecule has 0 saturated carbocycles. The van der Waals surface area contributed by atoms with Crippen molar-refractivity contribution in [2.24, 2.45) is 14.1 Å². The van der Waals surface area contributed by atoms with E-state index < -0.39 is 0 Å². The maximum absolute atomic E-state index is 4.47. The Morgan fingerprint density at radius 3 is 0.661 bits per heavy atom. The third-order valence-corrected chi connectivity index (χ3v) is 6.77. The van der Waals surface area contributed by atoms with Crippen LogP contribution in [0.3, 0.4) is 0 Å². The molecule has 11 rings (SSSR count). The molecule has 0 bridgehead atoms. The van der Waals surface area contributed by atoms with Crippen LogP contribution in [-0.2, 0) is 14.1 Å². The molecule has 0 unspecified atom stereocenters. The van der Waals surface area contributed by atoms with Gasteiger partial charge in [-0.3, -0.25) is 24.6 Å². The summed E-state index contributed by atoms with van der Waals surface area (Å²) < 4.78 is 16.2. The van der Waals surface area contributed by atoms with E-state index in [2.05, 4.69) is 218 Å². The normalized spacial score (nSPS) is 5.31. The van der Waals surface area contributed by atoms with Gasteiger partial charge in [0, 0.05) is 124 Å². The lowest BCUT2D eigenvalue weighted by Gasteiger charge is -1.77. The van der Waals surface area contributed by atoms with E-state index in [0.29, 0.717) is 0 Å². The molecule has 0 atom stereocenters. The topological polar surface area (TPSA) is 204 Å². The Labute approximate surface area is 812 Å². The number of thiophene rings is 1. The highest BCUT2D eigenvalue weighted by atomic mass is 32.1. The quantitative estimate of drug-likeness (QED) is 0.130. The largest absolute Gasteiger partial charge is 0.452 e. The van der Waals surface area contributed by atoms with Crippen molar-refractivity contribution in [1.29, 1.82) is 0 Å². The first-order valence-electron chi connectivity index (χ1n) is 44.9. The van der Waals surface area contributed by atoms with Crippen LogP contribution in [0.1, 0.15) is 305 Å². The first kappa shape index (κ1) is 223. The lowest BCUT2D eigenvalue weighted by atomic mass is 10.5. The van der Waals surface area contributed by atoms with Crippen LogP contribution in [0.5, 0.6) is 0 Å². The third kappa shape index (κ3) is 541. The summed E-state index contributed by atoms with van der Waals surface area (Å²) in [5.74, 6) is 0. The second kappa shape index (κ2) is 551. The first-order valence-corrected chi connectivity index (χ1v) is 47.6. The Bertz CT molecular complexity index is 1830. The van der Waals surface area contributed by atoms with Gasteiger partial charge in [-0.25, -0.2) is 24.3 Å². The van der Waals surface area contributed by atoms with Crippen LogP contribution >= 0.6 is 34.2 Å². The highest BCUT2D eigenvalue weighted by molar-refractivity contribution is 7.07. The minimum absolute atomic E-state index is 1.38. The molecule has 11 aromatic heterocycles. The zero-order valence-corrected chi connectivity index (χ0v) is 95.3. The van der Waals surface area contributed by atoms with E-state index in [1.54, 1.807) is 150 Å². The molecule has 0 aromatic carbocycles. The standard InChI is InChI=1S/C5H5N.2C4H6N2.3C4H4N2.C4H4S.2C3H3NO.2C3H3NS.22C2H6.11C2H4/c1-2-4-6-5-3-1;1-6-3-2-5-4-6;1-6-4-2-3-5-6;1-2-6-4-3-5-1;1-2-5-4-6-3-1;1-2-4-6-5-3-1;1-2-4-5-3-1;1-2-5-3-4-1;1-2-4-5-3-1;1-2-5-3-4-1;1-2-4-5-3-1;33*1-2/h1-5H;2*2-4H,1H3;3*1-4H;1-4H;4*1-3H;22*1-2H3;11*1-2H2. The van der Waals surface area contributed by atoms with Crippen LogP contribution in [0.15, 0.2) is 391 Å². The van der Waals surface area contributed by atoms with Gasteiger partial charge in [0.15, 0.2) is 6.39 Å². The minimum Gasteiger partial charge on any atom is -0.452 e. The Kier molecular flexibility index (Phi) is 966. The summed E-state index contributed by atoms with van der Waals surface area (Å²) in [6.07, 6.45) is 38.3. The fourth-order valence-corrected chi connectivity index (χ4v) is 3.83. The van der Waals surface area contributed by atoms with Gasteiger partial charge in [-0.15, -0.1) is 156 Å². The van der Waals surface area contributed by atoms with Crippen LogP contribution in [-0.4, -0.2) is 73.9 Å². The van der Waals surface area contributed by atoms with E-state index in [0.717, 1.165) is 0 Å². The minimum atomic E-state index is 1.38. The number of aromatic nitrogens is 15. The van der Waals surface area contributed by atoms with Gasteiger partial charge in [-0.05, 0) is 70.8 Å². The summed E-state index contributed by atoms with van der Waals surface area (Å²) in [7, 11) is 3.83. The Balaban J connectivity index is -0.0000000232. The maximum atomic E-state index is 4.47. The molecular formula is C107H221N15O2S3. The van der Waals surface area contributed by atoms with Gasteiger partial charge in [-0.1, -0.05) is 328 Å². The van der Waals surface area contributed by atoms with Gasteiger partial charge in [0.05, 0.1) is 24.2 Å². The zero-order chi connectivity index (χ0) is 109. The molecule has 11 heterocycles. The van der Waals surface area contributed by atoms with E-state index in [4.69, 9.17) is 0 Å². The molecule has 11 aromatic rings. The van der Waals surface area contributed by atoms with Crippen molar-refractivity contribution in [3.05, 3.63) is 382 Å². The second-order valence-corrected chi connectivity index (χ2v) is 11.9. The van der Waals surface area contributed by atoms with Crippen LogP contribution in [0.2, 0.25) is 0 Å². The first-order chi connectivity index (χ1) is 63.3. The van der Waals surface area contributed by atoms with Crippen molar-refractivity contribution in [3.63, 3.8) is 0 Å². The number of thiazole rings is 1. The molecule has 127 heavy (non-hydrogen) atoms. The molecule has 0 radical (unpaired) electrons. The Hall–Kier alpha value is -10.7. The van der Waals surface area contributed by atoms with Gasteiger partial charge >= 0.3 is 0 Å². The molecule has 0 N–H and O–H groups in total. The Morgan fingerprint density at radius 2 is 0.575 bits per heavy atom. The van der Waals surface area contributed by atoms with Crippen molar-refractivity contribution < 1.29 is 8.94 Å². The van der Waals surface area contributed by atoms with Crippen molar-refractivity contribution in [1.82, 2.24) is 73.9 Å². The van der Waals surface area contributed by atoms with E-state index in [9.17, 15) is 0 Å². The second-order valence-electron chi connectivity index (χ2n) is 9.67. The zero-order valence-electron chi connectivity index (χ0n) is 92.8. The van der Waals surface area contributed by atoms with Crippen molar-refractivity contribution in [3.8, 4) is 0 Å². The molecule has 0 aliphatic carbocycles. The summed E-state index contributed by atoms with van der Waals surface area (Å²) in [6, 6.07) is 20.7. The van der Waals surface area contributed by atoms with Crippen LogP contribution < -0.4 is 0 Å². The fraction of sp³-hybridized carbons (Fsp3) is 0.430. The van der Waals surface area contributed by atoms with Crippen molar-refractivity contribution >= 4 is 34.2 Å². The van der Waals surface area contributed by atoms with Gasteiger partial charge in [0.25, 0.3) is 0 Å². The van der Waals surface area contributed by atoms with E-state index in [1.807, 2.05) is 412 Å². The molecular weight excluding hydrogens is 1620 g/mol. The predicted molar refractivity (Wildman–Crippen MR) is 612 cm³/mol. The monoisotopic (exact) mass is 1840 g/mol. The summed E-state index contributed by atoms with van der Waals surface area (Å²) >= 11 is 4.78. The lowest BCUT2D eigenvalue weighted by molar-refractivity contribution is 0.420. The number of pyridine rings is 1. The van der Waals surface area contributed by atoms with Crippen LogP contribution in [0, 0.1) is 0 Å². The van der Waals surface area contributed by atoms with Gasteiger partial charge in [-0.2, -0.15) is 26.6 Å². The highest BCUT2D eigenvalue weighted by Gasteiger charge is 1.71. The average molecular weight is 1850 g/mol. The number of oxazole rings is 1. The molecule has 0 aliphatic heterocycles. The molecule has 754 valence electrons. The van der Waals surface area contributed by atoms with E-state index in [-0.39, 0.29) is 0 Å². The SMILES string of the molecule is C=C.C=C.C=C.C=C.C=C.C=C.C=C.C=C.C=C.C=C.C=C.CC.CC.CC.CC.CC.CC.CC.CC.CC.CC.CC.CC.CC.CC.CC.CC.CC.CC.CC.CC.CC.CC.Cn1cccn1.Cn1ccnc1.c1ccncc1.c1ccnnc1.c1ccsc1.c1cnccn1.c1cncnc1.c1cnoc1.c1cnsc1.c1cocn1.c1cscn1. The molecule has 0 fully saturated rings. The number of hydrogen-bond donors (Lipinski definition) is 0. The summed E-state index contributed by atoms with van der Waals surface area (Å²) in [6.45, 7) is 154. The highest BCUT2D eigenvalue weighted by Crippen LogP contribution is 1.91. The Morgan fingerprint density at radius 1 is 0.236 bits per heavy atom. The van der Waals surface area contributed by atoms with E-state index >= 15 is 0 Å². The summed E-state index contributed by atoms with van der Waals surface area (Å²) in [5, 5.41) is 22.2. The van der Waals surface area contributed by atoms with Gasteiger partial charge in [0.2, 0.25) is 0 Å². The van der Waals surface area contributed by atoms with Crippen molar-refractivity contribution in [2.75, 3.05) is 0 Å². The average Bonchev–Trinajstić information content (AvgIpc) is 1.91. The number of aryl methyl sites for hydroxylation is 2. The van der Waals surface area contributed by atoms with Gasteiger partial charge < -0.3 is 13.5 Å². The van der Waals surface area contributed by atoms with Gasteiger partial charge in [0.1, 0.15) is 18.9 Å². The number of nitrogens with zero attached hydrogens (tertiary/aromatic N) is 15. The molecule has 0 spiro atoms. The molecule has 0 aliphatic rings. The molecule has 17 nitrogen and oxygen atoms in total. The predicted octanol–water partition coefficient (Wildman–Crippen LogP) is 40.1. The van der Waals surface area contributed by atoms with Crippen LogP contribution in [0.4, 0.5) is 0 Å². The smallest absolute Gasteiger partial charge is 0.180 e. The third-order valence-electron chi connectivity index (χ3n) is 5.09. The number of imidazole rings is 1. The lowest BCUT2D eigenvalue weighted by Crippen LogP contribution is -1.83. The molecule has 0 amide bonds. The van der Waals surface area contributed by atoms with E-state index in [1.165, 1.54) is 36.8 Å². The molecule has 0 saturated heterocycles.